The van der Waals surface area contributed by atoms with Crippen molar-refractivity contribution >= 4 is 22.5 Å². The van der Waals surface area contributed by atoms with E-state index in [4.69, 9.17) is 0 Å². The summed E-state index contributed by atoms with van der Waals surface area (Å²) in [4.78, 5) is 18.6. The summed E-state index contributed by atoms with van der Waals surface area (Å²) in [5, 5.41) is 3.99. The van der Waals surface area contributed by atoms with Gasteiger partial charge in [0.05, 0.1) is 11.7 Å². The van der Waals surface area contributed by atoms with Crippen LogP contribution in [0.4, 0.5) is 5.69 Å². The number of fused-ring (bicyclic) bond motifs is 1. The average Bonchev–Trinajstić information content (AvgIpc) is 2.90. The third-order valence-corrected chi connectivity index (χ3v) is 3.99. The number of amides is 1. The highest BCUT2D eigenvalue weighted by atomic mass is 16.1. The zero-order chi connectivity index (χ0) is 16.4. The Morgan fingerprint density at radius 3 is 2.61 bits per heavy atom. The van der Waals surface area contributed by atoms with Gasteiger partial charge in [-0.15, -0.1) is 0 Å². The highest BCUT2D eigenvalue weighted by Crippen LogP contribution is 2.17. The Bertz CT molecular complexity index is 834. The zero-order valence-corrected chi connectivity index (χ0v) is 13.6. The van der Waals surface area contributed by atoms with Crippen LogP contribution in [0.15, 0.2) is 48.8 Å². The molecule has 3 rings (SSSR count). The molecule has 0 radical (unpaired) electrons. The first-order chi connectivity index (χ1) is 11.1. The third kappa shape index (κ3) is 3.04. The summed E-state index contributed by atoms with van der Waals surface area (Å²) >= 11 is 0. The van der Waals surface area contributed by atoms with Gasteiger partial charge < -0.3 is 14.8 Å². The Morgan fingerprint density at radius 1 is 1.22 bits per heavy atom. The summed E-state index contributed by atoms with van der Waals surface area (Å²) in [6.07, 6.45) is 3.50. The van der Waals surface area contributed by atoms with Crippen LogP contribution >= 0.6 is 0 Å². The summed E-state index contributed by atoms with van der Waals surface area (Å²) < 4.78 is 1.87. The Labute approximate surface area is 135 Å². The fourth-order valence-electron chi connectivity index (χ4n) is 2.58. The Morgan fingerprint density at radius 2 is 1.96 bits per heavy atom. The van der Waals surface area contributed by atoms with Gasteiger partial charge in [-0.3, -0.25) is 9.78 Å². The van der Waals surface area contributed by atoms with Crippen LogP contribution in [0.2, 0.25) is 0 Å². The molecular formula is C18H20N4O. The fourth-order valence-corrected chi connectivity index (χ4v) is 2.58. The number of anilines is 1. The van der Waals surface area contributed by atoms with E-state index in [1.807, 2.05) is 67.0 Å². The number of nitrogens with zero attached hydrogens (tertiary/aromatic N) is 3. The number of nitrogens with one attached hydrogen (secondary N) is 1. The lowest BCUT2D eigenvalue weighted by atomic mass is 10.2. The third-order valence-electron chi connectivity index (χ3n) is 3.99. The highest BCUT2D eigenvalue weighted by molar-refractivity contribution is 5.98. The monoisotopic (exact) mass is 308 g/mol. The normalized spacial score (nSPS) is 10.7. The number of aryl methyl sites for hydroxylation is 1. The molecule has 0 saturated carbocycles. The minimum atomic E-state index is -0.0830. The standard InChI is InChI=1S/C18H20N4O/c1-21(2)15-6-4-13(5-7-15)11-20-18(23)16-10-14-8-9-19-12-17(14)22(16)3/h4-10,12H,11H2,1-3H3,(H,20,23). The van der Waals surface area contributed by atoms with Crippen molar-refractivity contribution < 1.29 is 4.79 Å². The van der Waals surface area contributed by atoms with E-state index in [-0.39, 0.29) is 5.91 Å². The van der Waals surface area contributed by atoms with Crippen molar-refractivity contribution in [3.63, 3.8) is 0 Å². The zero-order valence-electron chi connectivity index (χ0n) is 13.6. The van der Waals surface area contributed by atoms with E-state index in [0.717, 1.165) is 22.2 Å². The molecule has 23 heavy (non-hydrogen) atoms. The molecule has 2 heterocycles. The maximum Gasteiger partial charge on any atom is 0.268 e. The van der Waals surface area contributed by atoms with Crippen molar-refractivity contribution in [2.45, 2.75) is 6.54 Å². The van der Waals surface area contributed by atoms with E-state index in [1.165, 1.54) is 0 Å². The molecule has 1 N–H and O–H groups in total. The number of hydrogen-bond acceptors (Lipinski definition) is 3. The second kappa shape index (κ2) is 6.12. The van der Waals surface area contributed by atoms with Gasteiger partial charge in [0.25, 0.3) is 5.91 Å². The van der Waals surface area contributed by atoms with Gasteiger partial charge >= 0.3 is 0 Å². The molecule has 1 amide bonds. The van der Waals surface area contributed by atoms with Crippen molar-refractivity contribution in [3.05, 3.63) is 60.0 Å². The van der Waals surface area contributed by atoms with Crippen molar-refractivity contribution in [2.24, 2.45) is 7.05 Å². The minimum Gasteiger partial charge on any atom is -0.378 e. The van der Waals surface area contributed by atoms with Crippen molar-refractivity contribution in [1.29, 1.82) is 0 Å². The predicted molar refractivity (Wildman–Crippen MR) is 92.7 cm³/mol. The van der Waals surface area contributed by atoms with E-state index < -0.39 is 0 Å². The lowest BCUT2D eigenvalue weighted by Crippen LogP contribution is -2.24. The van der Waals surface area contributed by atoms with Gasteiger partial charge in [0.15, 0.2) is 0 Å². The summed E-state index contributed by atoms with van der Waals surface area (Å²) in [5.41, 5.74) is 3.80. The Balaban J connectivity index is 1.72. The first-order valence-corrected chi connectivity index (χ1v) is 7.50. The van der Waals surface area contributed by atoms with Gasteiger partial charge in [0, 0.05) is 45.0 Å². The average molecular weight is 308 g/mol. The van der Waals surface area contributed by atoms with E-state index in [1.54, 1.807) is 12.4 Å². The van der Waals surface area contributed by atoms with E-state index in [0.29, 0.717) is 12.2 Å². The van der Waals surface area contributed by atoms with Gasteiger partial charge in [-0.05, 0) is 29.8 Å². The molecule has 5 nitrogen and oxygen atoms in total. The first kappa shape index (κ1) is 15.1. The van der Waals surface area contributed by atoms with Crippen LogP contribution in [-0.2, 0) is 13.6 Å². The molecule has 0 unspecified atom stereocenters. The maximum absolute atomic E-state index is 12.4. The van der Waals surface area contributed by atoms with E-state index in [9.17, 15) is 4.79 Å². The predicted octanol–water partition coefficient (Wildman–Crippen LogP) is 2.57. The summed E-state index contributed by atoms with van der Waals surface area (Å²) in [7, 11) is 5.89. The lowest BCUT2D eigenvalue weighted by molar-refractivity contribution is 0.0943. The van der Waals surface area contributed by atoms with Crippen molar-refractivity contribution in [1.82, 2.24) is 14.9 Å². The highest BCUT2D eigenvalue weighted by Gasteiger charge is 2.12. The minimum absolute atomic E-state index is 0.0830. The number of aromatic nitrogens is 2. The van der Waals surface area contributed by atoms with Crippen LogP contribution in [0.25, 0.3) is 10.9 Å². The van der Waals surface area contributed by atoms with Gasteiger partial charge in [0.2, 0.25) is 0 Å². The molecule has 0 spiro atoms. The molecular weight excluding hydrogens is 288 g/mol. The smallest absolute Gasteiger partial charge is 0.268 e. The maximum atomic E-state index is 12.4. The first-order valence-electron chi connectivity index (χ1n) is 7.50. The van der Waals surface area contributed by atoms with Gasteiger partial charge in [-0.1, -0.05) is 12.1 Å². The second-order valence-electron chi connectivity index (χ2n) is 5.77. The molecule has 0 fully saturated rings. The van der Waals surface area contributed by atoms with Gasteiger partial charge in [-0.25, -0.2) is 0 Å². The molecule has 118 valence electrons. The molecule has 0 atom stereocenters. The number of rotatable bonds is 4. The van der Waals surface area contributed by atoms with Crippen LogP contribution in [0.3, 0.4) is 0 Å². The van der Waals surface area contributed by atoms with E-state index >= 15 is 0 Å². The molecule has 0 aliphatic carbocycles. The molecule has 5 heteroatoms. The summed E-state index contributed by atoms with van der Waals surface area (Å²) in [6.45, 7) is 0.506. The van der Waals surface area contributed by atoms with Crippen molar-refractivity contribution in [3.8, 4) is 0 Å². The number of carbonyl (C=O) groups is 1. The molecule has 2 aromatic heterocycles. The quantitative estimate of drug-likeness (QED) is 0.806. The molecule has 0 saturated heterocycles. The van der Waals surface area contributed by atoms with Crippen LogP contribution in [0.1, 0.15) is 16.1 Å². The topological polar surface area (TPSA) is 50.2 Å². The van der Waals surface area contributed by atoms with Gasteiger partial charge in [-0.2, -0.15) is 0 Å². The van der Waals surface area contributed by atoms with Crippen LogP contribution in [0.5, 0.6) is 0 Å². The fraction of sp³-hybridized carbons (Fsp3) is 0.222. The second-order valence-corrected chi connectivity index (χ2v) is 5.77. The van der Waals surface area contributed by atoms with Crippen LogP contribution < -0.4 is 10.2 Å². The van der Waals surface area contributed by atoms with Crippen molar-refractivity contribution in [2.75, 3.05) is 19.0 Å². The lowest BCUT2D eigenvalue weighted by Gasteiger charge is -2.13. The summed E-state index contributed by atoms with van der Waals surface area (Å²) in [6, 6.07) is 11.9. The molecule has 3 aromatic rings. The number of pyridine rings is 1. The molecule has 0 aliphatic heterocycles. The van der Waals surface area contributed by atoms with Crippen LogP contribution in [0, 0.1) is 0 Å². The number of benzene rings is 1. The molecule has 0 aliphatic rings. The Kier molecular flexibility index (Phi) is 4.02. The Hall–Kier alpha value is -2.82. The number of hydrogen-bond donors (Lipinski definition) is 1. The van der Waals surface area contributed by atoms with E-state index in [2.05, 4.69) is 10.3 Å². The molecule has 1 aromatic carbocycles. The summed E-state index contributed by atoms with van der Waals surface area (Å²) in [5.74, 6) is -0.0830. The number of carbonyl (C=O) groups excluding carboxylic acids is 1. The van der Waals surface area contributed by atoms with Gasteiger partial charge in [0.1, 0.15) is 5.69 Å². The van der Waals surface area contributed by atoms with Crippen LogP contribution in [-0.4, -0.2) is 29.6 Å². The SMILES string of the molecule is CN(C)c1ccc(CNC(=O)c2cc3ccncc3n2C)cc1. The largest absolute Gasteiger partial charge is 0.378 e. The molecule has 0 bridgehead atoms.